The first-order chi connectivity index (χ1) is 14.6. The van der Waals surface area contributed by atoms with Crippen LogP contribution in [0.1, 0.15) is 11.3 Å². The summed E-state index contributed by atoms with van der Waals surface area (Å²) in [4.78, 5) is 9.58. The molecule has 2 N–H and O–H groups in total. The second-order valence-electron chi connectivity index (χ2n) is 6.82. The highest BCUT2D eigenvalue weighted by molar-refractivity contribution is 6.30. The first kappa shape index (κ1) is 20.2. The predicted octanol–water partition coefficient (Wildman–Crippen LogP) is 7.11. The fourth-order valence-electron chi connectivity index (χ4n) is 3.06. The molecule has 0 atom stereocenters. The van der Waals surface area contributed by atoms with Gasteiger partial charge in [0.05, 0.1) is 0 Å². The normalized spacial score (nSPS) is 10.6. The summed E-state index contributed by atoms with van der Waals surface area (Å²) < 4.78 is 0. The van der Waals surface area contributed by atoms with Crippen LogP contribution in [0.15, 0.2) is 78.9 Å². The molecule has 0 saturated carbocycles. The summed E-state index contributed by atoms with van der Waals surface area (Å²) in [5.74, 6) is 1.44. The van der Waals surface area contributed by atoms with Gasteiger partial charge in [-0.1, -0.05) is 53.5 Å². The number of anilines is 3. The van der Waals surface area contributed by atoms with Gasteiger partial charge in [0.25, 0.3) is 0 Å². The largest absolute Gasteiger partial charge is 0.381 e. The topological polar surface area (TPSA) is 49.8 Å². The van der Waals surface area contributed by atoms with Crippen LogP contribution in [0.25, 0.3) is 11.4 Å². The summed E-state index contributed by atoms with van der Waals surface area (Å²) in [5, 5.41) is 8.24. The standard InChI is InChI=1S/C24H20Cl2N4/c1-16-22(15-27-20-11-7-18(25)8-12-20)24(29-21-13-9-19(26)10-14-21)30-23(28-16)17-5-3-2-4-6-17/h2-14,27H,15H2,1H3,(H,28,29,30). The number of nitrogens with one attached hydrogen (secondary N) is 2. The van der Waals surface area contributed by atoms with Crippen molar-refractivity contribution in [2.45, 2.75) is 13.5 Å². The lowest BCUT2D eigenvalue weighted by atomic mass is 10.1. The maximum Gasteiger partial charge on any atom is 0.161 e. The molecule has 1 aromatic heterocycles. The maximum atomic E-state index is 6.03. The lowest BCUT2D eigenvalue weighted by molar-refractivity contribution is 1.01. The molecule has 0 spiro atoms. The lowest BCUT2D eigenvalue weighted by Crippen LogP contribution is -2.10. The monoisotopic (exact) mass is 434 g/mol. The van der Waals surface area contributed by atoms with Gasteiger partial charge in [0.2, 0.25) is 0 Å². The molecule has 0 saturated heterocycles. The molecule has 150 valence electrons. The molecule has 0 fully saturated rings. The van der Waals surface area contributed by atoms with Crippen molar-refractivity contribution in [2.75, 3.05) is 10.6 Å². The molecule has 4 aromatic rings. The summed E-state index contributed by atoms with van der Waals surface area (Å²) in [6.07, 6.45) is 0. The SMILES string of the molecule is Cc1nc(-c2ccccc2)nc(Nc2ccc(Cl)cc2)c1CNc1ccc(Cl)cc1. The lowest BCUT2D eigenvalue weighted by Gasteiger charge is -2.16. The van der Waals surface area contributed by atoms with Crippen LogP contribution in [-0.2, 0) is 6.54 Å². The van der Waals surface area contributed by atoms with Gasteiger partial charge >= 0.3 is 0 Å². The van der Waals surface area contributed by atoms with Crippen LogP contribution in [0.4, 0.5) is 17.2 Å². The minimum atomic E-state index is 0.568. The van der Waals surface area contributed by atoms with Gasteiger partial charge in [0.1, 0.15) is 5.82 Å². The highest BCUT2D eigenvalue weighted by Gasteiger charge is 2.13. The third kappa shape index (κ3) is 4.90. The van der Waals surface area contributed by atoms with Gasteiger partial charge < -0.3 is 10.6 Å². The van der Waals surface area contributed by atoms with E-state index in [4.69, 9.17) is 33.2 Å². The third-order valence-electron chi connectivity index (χ3n) is 4.67. The Kier molecular flexibility index (Phi) is 6.17. The molecule has 0 amide bonds. The number of halogens is 2. The molecule has 30 heavy (non-hydrogen) atoms. The number of hydrogen-bond donors (Lipinski definition) is 2. The zero-order chi connectivity index (χ0) is 20.9. The summed E-state index contributed by atoms with van der Waals surface area (Å²) in [6, 6.07) is 25.1. The molecule has 1 heterocycles. The van der Waals surface area contributed by atoms with E-state index in [0.717, 1.165) is 34.0 Å². The number of aromatic nitrogens is 2. The predicted molar refractivity (Wildman–Crippen MR) is 126 cm³/mol. The Bertz CT molecular complexity index is 1130. The van der Waals surface area contributed by atoms with Crippen molar-refractivity contribution in [1.82, 2.24) is 9.97 Å². The Morgan fingerprint density at radius 3 is 1.97 bits per heavy atom. The van der Waals surface area contributed by atoms with E-state index in [0.29, 0.717) is 22.4 Å². The average molecular weight is 435 g/mol. The molecular weight excluding hydrogens is 415 g/mol. The summed E-state index contributed by atoms with van der Waals surface area (Å²) in [6.45, 7) is 2.57. The molecule has 0 bridgehead atoms. The van der Waals surface area contributed by atoms with Crippen LogP contribution in [-0.4, -0.2) is 9.97 Å². The Hall–Kier alpha value is -3.08. The number of benzene rings is 3. The molecule has 0 aliphatic rings. The molecular formula is C24H20Cl2N4. The van der Waals surface area contributed by atoms with Gasteiger partial charge in [-0.3, -0.25) is 0 Å². The fourth-order valence-corrected chi connectivity index (χ4v) is 3.31. The number of aryl methyl sites for hydroxylation is 1. The second-order valence-corrected chi connectivity index (χ2v) is 7.69. The summed E-state index contributed by atoms with van der Waals surface area (Å²) in [5.41, 5.74) is 4.74. The molecule has 3 aromatic carbocycles. The Balaban J connectivity index is 1.69. The van der Waals surface area contributed by atoms with Crippen molar-refractivity contribution in [3.05, 3.63) is 100 Å². The van der Waals surface area contributed by atoms with E-state index in [9.17, 15) is 0 Å². The minimum absolute atomic E-state index is 0.568. The van der Waals surface area contributed by atoms with Gasteiger partial charge in [0, 0.05) is 44.8 Å². The van der Waals surface area contributed by atoms with Crippen LogP contribution >= 0.6 is 23.2 Å². The van der Waals surface area contributed by atoms with Crippen LogP contribution in [0.5, 0.6) is 0 Å². The van der Waals surface area contributed by atoms with Crippen LogP contribution < -0.4 is 10.6 Å². The summed E-state index contributed by atoms with van der Waals surface area (Å²) in [7, 11) is 0. The van der Waals surface area contributed by atoms with E-state index in [-0.39, 0.29) is 0 Å². The molecule has 0 aliphatic carbocycles. The van der Waals surface area contributed by atoms with Gasteiger partial charge in [-0.15, -0.1) is 0 Å². The Morgan fingerprint density at radius 2 is 1.33 bits per heavy atom. The Morgan fingerprint density at radius 1 is 0.733 bits per heavy atom. The molecule has 4 nitrogen and oxygen atoms in total. The molecule has 0 radical (unpaired) electrons. The van der Waals surface area contributed by atoms with Crippen LogP contribution in [0.3, 0.4) is 0 Å². The van der Waals surface area contributed by atoms with E-state index < -0.39 is 0 Å². The van der Waals surface area contributed by atoms with E-state index in [1.54, 1.807) is 0 Å². The minimum Gasteiger partial charge on any atom is -0.381 e. The first-order valence-corrected chi connectivity index (χ1v) is 10.3. The Labute approximate surface area is 185 Å². The van der Waals surface area contributed by atoms with Crippen LogP contribution in [0.2, 0.25) is 10.0 Å². The fraction of sp³-hybridized carbons (Fsp3) is 0.0833. The average Bonchev–Trinajstić information content (AvgIpc) is 2.76. The van der Waals surface area contributed by atoms with Crippen LogP contribution in [0, 0.1) is 6.92 Å². The first-order valence-electron chi connectivity index (χ1n) is 9.53. The van der Waals surface area contributed by atoms with Gasteiger partial charge in [-0.05, 0) is 55.5 Å². The second kappa shape index (κ2) is 9.16. The van der Waals surface area contributed by atoms with Crippen molar-refractivity contribution < 1.29 is 0 Å². The number of rotatable bonds is 6. The maximum absolute atomic E-state index is 6.03. The zero-order valence-corrected chi connectivity index (χ0v) is 17.9. The molecule has 4 rings (SSSR count). The smallest absolute Gasteiger partial charge is 0.161 e. The zero-order valence-electron chi connectivity index (χ0n) is 16.4. The summed E-state index contributed by atoms with van der Waals surface area (Å²) >= 11 is 12.0. The quantitative estimate of drug-likeness (QED) is 0.339. The van der Waals surface area contributed by atoms with Crippen molar-refractivity contribution in [3.8, 4) is 11.4 Å². The van der Waals surface area contributed by atoms with Crippen molar-refractivity contribution >= 4 is 40.4 Å². The molecule has 6 heteroatoms. The molecule has 0 aliphatic heterocycles. The number of nitrogens with zero attached hydrogens (tertiary/aromatic N) is 2. The van der Waals surface area contributed by atoms with E-state index in [1.165, 1.54) is 0 Å². The van der Waals surface area contributed by atoms with Gasteiger partial charge in [0.15, 0.2) is 5.82 Å². The number of hydrogen-bond acceptors (Lipinski definition) is 4. The van der Waals surface area contributed by atoms with E-state index >= 15 is 0 Å². The highest BCUT2D eigenvalue weighted by atomic mass is 35.5. The molecule has 0 unspecified atom stereocenters. The van der Waals surface area contributed by atoms with Crippen molar-refractivity contribution in [2.24, 2.45) is 0 Å². The van der Waals surface area contributed by atoms with E-state index in [1.807, 2.05) is 85.8 Å². The van der Waals surface area contributed by atoms with Gasteiger partial charge in [-0.2, -0.15) is 0 Å². The van der Waals surface area contributed by atoms with Crippen molar-refractivity contribution in [1.29, 1.82) is 0 Å². The van der Waals surface area contributed by atoms with Gasteiger partial charge in [-0.25, -0.2) is 9.97 Å². The van der Waals surface area contributed by atoms with Crippen molar-refractivity contribution in [3.63, 3.8) is 0 Å². The van der Waals surface area contributed by atoms with E-state index in [2.05, 4.69) is 10.6 Å². The third-order valence-corrected chi connectivity index (χ3v) is 5.17. The highest BCUT2D eigenvalue weighted by Crippen LogP contribution is 2.27.